The summed E-state index contributed by atoms with van der Waals surface area (Å²) in [6.07, 6.45) is 2.25. The van der Waals surface area contributed by atoms with Gasteiger partial charge in [0.25, 0.3) is 0 Å². The molecule has 0 aliphatic heterocycles. The molecule has 1 fully saturated rings. The molecule has 0 unspecified atom stereocenters. The van der Waals surface area contributed by atoms with Gasteiger partial charge >= 0.3 is 19.8 Å². The summed E-state index contributed by atoms with van der Waals surface area (Å²) in [5.74, 6) is -1.57. The Balaban J connectivity index is 2.60. The van der Waals surface area contributed by atoms with Crippen LogP contribution in [-0.2, 0) is 37.2 Å². The minimum Gasteiger partial charge on any atom is -0.469 e. The van der Waals surface area contributed by atoms with Gasteiger partial charge in [-0.15, -0.1) is 11.8 Å². The second-order valence-corrected chi connectivity index (χ2v) is 9.75. The lowest BCUT2D eigenvalue weighted by Crippen LogP contribution is -2.46. The van der Waals surface area contributed by atoms with Crippen molar-refractivity contribution in [2.75, 3.05) is 33.2 Å². The molecule has 0 saturated heterocycles. The highest BCUT2D eigenvalue weighted by Crippen LogP contribution is 2.58. The lowest BCUT2D eigenvalue weighted by Gasteiger charge is -2.40. The molecular weight excluding hydrogens is 419 g/mol. The fraction of sp³-hybridized carbons (Fsp3) is 0.789. The van der Waals surface area contributed by atoms with Gasteiger partial charge in [-0.2, -0.15) is 0 Å². The Kier molecular flexibility index (Phi) is 9.07. The molecule has 0 aromatic carbocycles. The minimum absolute atomic E-state index is 0.153. The zero-order valence-electron chi connectivity index (χ0n) is 17.7. The van der Waals surface area contributed by atoms with Crippen LogP contribution in [0, 0.1) is 17.8 Å². The van der Waals surface area contributed by atoms with Crippen molar-refractivity contribution >= 4 is 31.5 Å². The van der Waals surface area contributed by atoms with E-state index in [1.165, 1.54) is 26.0 Å². The normalized spacial score (nSPS) is 26.8. The number of allylic oxidation sites excluding steroid dienone is 1. The molecule has 1 saturated carbocycles. The first-order valence-corrected chi connectivity index (χ1v) is 12.5. The molecule has 0 heterocycles. The lowest BCUT2D eigenvalue weighted by molar-refractivity contribution is -0.160. The van der Waals surface area contributed by atoms with E-state index < -0.39 is 36.8 Å². The van der Waals surface area contributed by atoms with E-state index in [0.717, 1.165) is 12.0 Å². The first-order chi connectivity index (χ1) is 13.9. The molecule has 0 aromatic heterocycles. The Morgan fingerprint density at radius 2 is 1.62 bits per heavy atom. The number of ether oxygens (including phenoxy) is 2. The summed E-state index contributed by atoms with van der Waals surface area (Å²) in [6.45, 7) is 5.66. The smallest absolute Gasteiger partial charge is 0.469 e. The lowest BCUT2D eigenvalue weighted by atomic mass is 9.71. The zero-order valence-corrected chi connectivity index (χ0v) is 19.4. The van der Waals surface area contributed by atoms with E-state index in [4.69, 9.17) is 23.0 Å². The zero-order chi connectivity index (χ0) is 21.6. The number of carbonyl (C=O) groups is 2. The fourth-order valence-corrected chi connectivity index (χ4v) is 6.76. The topological polar surface area (TPSA) is 97.4 Å². The molecule has 2 aliphatic rings. The van der Waals surface area contributed by atoms with E-state index in [1.807, 2.05) is 6.92 Å². The SMILES string of the molecule is CCOP(=O)(OCC)OC1=C2CCC[C@@H]2[C@H](C(=O)OC)[C@H](C(=O)OC)[C@@H]1SCC. The number of hydrogen-bond donors (Lipinski definition) is 0. The van der Waals surface area contributed by atoms with Crippen molar-refractivity contribution in [2.45, 2.75) is 45.3 Å². The Morgan fingerprint density at radius 3 is 2.14 bits per heavy atom. The summed E-state index contributed by atoms with van der Waals surface area (Å²) in [5.41, 5.74) is 0.895. The van der Waals surface area contributed by atoms with Crippen molar-refractivity contribution in [1.82, 2.24) is 0 Å². The van der Waals surface area contributed by atoms with Crippen molar-refractivity contribution in [1.29, 1.82) is 0 Å². The van der Waals surface area contributed by atoms with Gasteiger partial charge in [0.05, 0.1) is 44.5 Å². The largest absolute Gasteiger partial charge is 0.529 e. The second-order valence-electron chi connectivity index (χ2n) is 6.74. The molecule has 0 spiro atoms. The molecule has 2 rings (SSSR count). The highest BCUT2D eigenvalue weighted by molar-refractivity contribution is 8.00. The van der Waals surface area contributed by atoms with Gasteiger partial charge in [0, 0.05) is 0 Å². The van der Waals surface area contributed by atoms with Crippen molar-refractivity contribution in [3.8, 4) is 0 Å². The van der Waals surface area contributed by atoms with E-state index in [2.05, 4.69) is 0 Å². The van der Waals surface area contributed by atoms with Gasteiger partial charge in [-0.05, 0) is 50.4 Å². The number of rotatable bonds is 10. The molecule has 166 valence electrons. The van der Waals surface area contributed by atoms with Gasteiger partial charge in [-0.25, -0.2) is 4.57 Å². The average Bonchev–Trinajstić information content (AvgIpc) is 3.18. The fourth-order valence-electron chi connectivity index (χ4n) is 4.21. The molecule has 2 aliphatic carbocycles. The molecule has 10 heteroatoms. The summed E-state index contributed by atoms with van der Waals surface area (Å²) in [7, 11) is -1.24. The van der Waals surface area contributed by atoms with E-state index in [0.29, 0.717) is 24.4 Å². The van der Waals surface area contributed by atoms with Crippen LogP contribution in [0.5, 0.6) is 0 Å². The molecule has 0 aromatic rings. The Hall–Kier alpha value is -1.02. The predicted molar refractivity (Wildman–Crippen MR) is 109 cm³/mol. The number of phosphoric ester groups is 1. The standard InChI is InChI=1S/C19H31O8PS/c1-6-25-28(22,26-7-2)27-16-13-11-9-10-12(13)14(18(20)23-4)15(19(21)24-5)17(16)29-8-3/h12,14-15,17H,6-11H2,1-5H3/t12-,14-,15-,17-/m0/s1. The molecule has 29 heavy (non-hydrogen) atoms. The number of carbonyl (C=O) groups excluding carboxylic acids is 2. The van der Waals surface area contributed by atoms with Gasteiger partial charge in [0.15, 0.2) is 0 Å². The van der Waals surface area contributed by atoms with Crippen LogP contribution < -0.4 is 0 Å². The monoisotopic (exact) mass is 450 g/mol. The number of phosphoric acid groups is 1. The van der Waals surface area contributed by atoms with Crippen molar-refractivity contribution in [2.24, 2.45) is 17.8 Å². The Bertz CT molecular complexity index is 669. The molecule has 0 N–H and O–H groups in total. The molecule has 4 atom stereocenters. The van der Waals surface area contributed by atoms with Gasteiger partial charge < -0.3 is 14.0 Å². The summed E-state index contributed by atoms with van der Waals surface area (Å²) < 4.78 is 39.8. The number of fused-ring (bicyclic) bond motifs is 1. The predicted octanol–water partition coefficient (Wildman–Crippen LogP) is 3.95. The van der Waals surface area contributed by atoms with Crippen LogP contribution in [0.4, 0.5) is 0 Å². The number of methoxy groups -OCH3 is 2. The summed E-state index contributed by atoms with van der Waals surface area (Å²) >= 11 is 1.45. The Labute approximate surface area is 176 Å². The molecule has 0 amide bonds. The summed E-state index contributed by atoms with van der Waals surface area (Å²) in [5, 5.41) is -0.546. The van der Waals surface area contributed by atoms with Crippen LogP contribution >= 0.6 is 19.6 Å². The molecular formula is C19H31O8PS. The van der Waals surface area contributed by atoms with Gasteiger partial charge in [0.2, 0.25) is 0 Å². The van der Waals surface area contributed by atoms with Crippen LogP contribution in [0.3, 0.4) is 0 Å². The van der Waals surface area contributed by atoms with Crippen LogP contribution in [-0.4, -0.2) is 50.4 Å². The maximum atomic E-state index is 13.1. The number of thioether (sulfide) groups is 1. The van der Waals surface area contributed by atoms with E-state index >= 15 is 0 Å². The van der Waals surface area contributed by atoms with Crippen LogP contribution in [0.25, 0.3) is 0 Å². The highest BCUT2D eigenvalue weighted by atomic mass is 32.2. The van der Waals surface area contributed by atoms with Crippen LogP contribution in [0.1, 0.15) is 40.0 Å². The Morgan fingerprint density at radius 1 is 1.03 bits per heavy atom. The van der Waals surface area contributed by atoms with Gasteiger partial charge in [-0.1, -0.05) is 6.92 Å². The first-order valence-electron chi connectivity index (χ1n) is 9.96. The molecule has 8 nitrogen and oxygen atoms in total. The third-order valence-corrected chi connectivity index (χ3v) is 7.98. The van der Waals surface area contributed by atoms with Gasteiger partial charge in [-0.3, -0.25) is 18.6 Å². The average molecular weight is 450 g/mol. The van der Waals surface area contributed by atoms with E-state index in [9.17, 15) is 14.2 Å². The van der Waals surface area contributed by atoms with Crippen molar-refractivity contribution in [3.05, 3.63) is 11.3 Å². The first kappa shape index (κ1) is 24.3. The number of esters is 2. The summed E-state index contributed by atoms with van der Waals surface area (Å²) in [4.78, 5) is 25.5. The second kappa shape index (κ2) is 10.8. The van der Waals surface area contributed by atoms with Crippen molar-refractivity contribution < 1.29 is 37.2 Å². The third kappa shape index (κ3) is 5.19. The summed E-state index contributed by atoms with van der Waals surface area (Å²) in [6, 6.07) is 0. The number of hydrogen-bond acceptors (Lipinski definition) is 9. The van der Waals surface area contributed by atoms with E-state index in [1.54, 1.807) is 13.8 Å². The maximum Gasteiger partial charge on any atom is 0.529 e. The maximum absolute atomic E-state index is 13.1. The molecule has 0 radical (unpaired) electrons. The molecule has 0 bridgehead atoms. The van der Waals surface area contributed by atoms with Crippen molar-refractivity contribution in [3.63, 3.8) is 0 Å². The van der Waals surface area contributed by atoms with Gasteiger partial charge in [0.1, 0.15) is 5.76 Å². The van der Waals surface area contributed by atoms with E-state index in [-0.39, 0.29) is 19.1 Å². The quantitative estimate of drug-likeness (QED) is 0.362. The highest BCUT2D eigenvalue weighted by Gasteiger charge is 2.55. The van der Waals surface area contributed by atoms with Crippen LogP contribution in [0.2, 0.25) is 0 Å². The third-order valence-electron chi connectivity index (χ3n) is 5.21. The minimum atomic E-state index is -3.85. The van der Waals surface area contributed by atoms with Crippen LogP contribution in [0.15, 0.2) is 11.3 Å².